The van der Waals surface area contributed by atoms with Gasteiger partial charge in [0.2, 0.25) is 0 Å². The number of nitrogens with zero attached hydrogens (tertiary/aromatic N) is 2. The molecule has 1 aromatic heterocycles. The van der Waals surface area contributed by atoms with Crippen LogP contribution in [0.15, 0.2) is 35.3 Å². The minimum atomic E-state index is -0.680. The van der Waals surface area contributed by atoms with E-state index >= 15 is 0 Å². The number of carbonyl (C=O) groups excluding carboxylic acids is 1. The molecular formula is C14H15N3O3. The summed E-state index contributed by atoms with van der Waals surface area (Å²) in [4.78, 5) is 27.7. The van der Waals surface area contributed by atoms with Crippen LogP contribution in [0.5, 0.6) is 5.75 Å². The second kappa shape index (κ2) is 5.56. The Balaban J connectivity index is 2.44. The third-order valence-electron chi connectivity index (χ3n) is 2.97. The summed E-state index contributed by atoms with van der Waals surface area (Å²) in [6, 6.07) is 6.50. The summed E-state index contributed by atoms with van der Waals surface area (Å²) in [6.45, 7) is 1.88. The van der Waals surface area contributed by atoms with E-state index in [1.807, 2.05) is 6.92 Å². The van der Waals surface area contributed by atoms with Gasteiger partial charge in [0.25, 0.3) is 5.91 Å². The zero-order valence-corrected chi connectivity index (χ0v) is 11.3. The fourth-order valence-electron chi connectivity index (χ4n) is 1.80. The predicted octanol–water partition coefficient (Wildman–Crippen LogP) is 1.08. The molecule has 104 valence electrons. The van der Waals surface area contributed by atoms with Crippen LogP contribution in [-0.2, 0) is 6.42 Å². The van der Waals surface area contributed by atoms with Crippen molar-refractivity contribution in [2.24, 2.45) is 0 Å². The molecule has 0 spiro atoms. The fraction of sp³-hybridized carbons (Fsp3) is 0.214. The molecule has 0 aliphatic rings. The molecular weight excluding hydrogens is 258 g/mol. The van der Waals surface area contributed by atoms with E-state index in [2.05, 4.69) is 4.98 Å². The first-order chi connectivity index (χ1) is 9.56. The van der Waals surface area contributed by atoms with Crippen molar-refractivity contribution in [3.63, 3.8) is 0 Å². The number of hydrogen-bond acceptors (Lipinski definition) is 5. The standard InChI is InChI=1S/C14H15N3O3/c1-3-9-8-17(14(19)16-12(9)15)13(18)10-4-6-11(20-2)7-5-10/h4-8H,3H2,1-2H3,(H2,15,16,19). The molecule has 1 heterocycles. The summed E-state index contributed by atoms with van der Waals surface area (Å²) in [5.74, 6) is 0.356. The zero-order chi connectivity index (χ0) is 14.7. The van der Waals surface area contributed by atoms with Crippen molar-refractivity contribution in [2.45, 2.75) is 13.3 Å². The van der Waals surface area contributed by atoms with E-state index in [-0.39, 0.29) is 5.82 Å². The Kier molecular flexibility index (Phi) is 3.84. The van der Waals surface area contributed by atoms with Crippen LogP contribution in [0.2, 0.25) is 0 Å². The van der Waals surface area contributed by atoms with Crippen LogP contribution in [0.1, 0.15) is 22.8 Å². The number of rotatable bonds is 3. The number of hydrogen-bond donors (Lipinski definition) is 1. The first kappa shape index (κ1) is 13.8. The molecule has 2 N–H and O–H groups in total. The molecule has 0 radical (unpaired) electrons. The zero-order valence-electron chi connectivity index (χ0n) is 11.3. The Bertz CT molecular complexity index is 690. The quantitative estimate of drug-likeness (QED) is 0.904. The van der Waals surface area contributed by atoms with Gasteiger partial charge in [-0.25, -0.2) is 9.36 Å². The van der Waals surface area contributed by atoms with Gasteiger partial charge in [0, 0.05) is 17.3 Å². The van der Waals surface area contributed by atoms with Crippen molar-refractivity contribution >= 4 is 11.7 Å². The fourth-order valence-corrected chi connectivity index (χ4v) is 1.80. The van der Waals surface area contributed by atoms with Gasteiger partial charge in [-0.3, -0.25) is 4.79 Å². The number of ether oxygens (including phenoxy) is 1. The van der Waals surface area contributed by atoms with Gasteiger partial charge < -0.3 is 10.5 Å². The Morgan fingerprint density at radius 3 is 2.55 bits per heavy atom. The second-order valence-electron chi connectivity index (χ2n) is 4.19. The van der Waals surface area contributed by atoms with E-state index in [1.165, 1.54) is 6.20 Å². The lowest BCUT2D eigenvalue weighted by molar-refractivity contribution is 0.0954. The highest BCUT2D eigenvalue weighted by Gasteiger charge is 2.13. The van der Waals surface area contributed by atoms with Gasteiger partial charge >= 0.3 is 5.69 Å². The van der Waals surface area contributed by atoms with Crippen LogP contribution in [-0.4, -0.2) is 22.6 Å². The number of carbonyl (C=O) groups is 1. The summed E-state index contributed by atoms with van der Waals surface area (Å²) in [5.41, 5.74) is 5.98. The largest absolute Gasteiger partial charge is 0.497 e. The molecule has 0 amide bonds. The Hall–Kier alpha value is -2.63. The van der Waals surface area contributed by atoms with Gasteiger partial charge in [-0.2, -0.15) is 4.98 Å². The van der Waals surface area contributed by atoms with Crippen LogP contribution in [0.25, 0.3) is 0 Å². The molecule has 1 aromatic carbocycles. The molecule has 6 heteroatoms. The maximum atomic E-state index is 12.3. The SMILES string of the molecule is CCc1cn(C(=O)c2ccc(OC)cc2)c(=O)nc1N. The maximum Gasteiger partial charge on any atom is 0.356 e. The van der Waals surface area contributed by atoms with Crippen molar-refractivity contribution < 1.29 is 9.53 Å². The van der Waals surface area contributed by atoms with E-state index in [1.54, 1.807) is 31.4 Å². The molecule has 2 aromatic rings. The van der Waals surface area contributed by atoms with Gasteiger partial charge in [0.05, 0.1) is 7.11 Å². The van der Waals surface area contributed by atoms with Gasteiger partial charge in [-0.15, -0.1) is 0 Å². The van der Waals surface area contributed by atoms with Gasteiger partial charge in [-0.1, -0.05) is 6.92 Å². The second-order valence-corrected chi connectivity index (χ2v) is 4.19. The summed E-state index contributed by atoms with van der Waals surface area (Å²) in [7, 11) is 1.54. The lowest BCUT2D eigenvalue weighted by atomic mass is 10.2. The van der Waals surface area contributed by atoms with Gasteiger partial charge in [-0.05, 0) is 30.7 Å². The molecule has 0 fully saturated rings. The van der Waals surface area contributed by atoms with Crippen LogP contribution in [0, 0.1) is 0 Å². The van der Waals surface area contributed by atoms with Crippen molar-refractivity contribution in [1.29, 1.82) is 0 Å². The third-order valence-corrected chi connectivity index (χ3v) is 2.97. The van der Waals surface area contributed by atoms with Crippen molar-refractivity contribution in [2.75, 3.05) is 12.8 Å². The van der Waals surface area contributed by atoms with Crippen LogP contribution >= 0.6 is 0 Å². The summed E-state index contributed by atoms with van der Waals surface area (Å²) >= 11 is 0. The van der Waals surface area contributed by atoms with E-state index in [0.717, 1.165) is 4.57 Å². The number of benzene rings is 1. The molecule has 0 saturated carbocycles. The van der Waals surface area contributed by atoms with Crippen molar-refractivity contribution in [1.82, 2.24) is 9.55 Å². The molecule has 0 aliphatic heterocycles. The first-order valence-electron chi connectivity index (χ1n) is 6.13. The van der Waals surface area contributed by atoms with E-state index in [0.29, 0.717) is 23.3 Å². The monoisotopic (exact) mass is 273 g/mol. The lowest BCUT2D eigenvalue weighted by Crippen LogP contribution is -2.30. The average Bonchev–Trinajstić information content (AvgIpc) is 2.47. The van der Waals surface area contributed by atoms with E-state index in [9.17, 15) is 9.59 Å². The minimum absolute atomic E-state index is 0.163. The molecule has 20 heavy (non-hydrogen) atoms. The smallest absolute Gasteiger partial charge is 0.356 e. The van der Waals surface area contributed by atoms with Crippen LogP contribution in [0.4, 0.5) is 5.82 Å². The highest BCUT2D eigenvalue weighted by atomic mass is 16.5. The molecule has 0 aliphatic carbocycles. The Morgan fingerprint density at radius 1 is 1.35 bits per heavy atom. The summed E-state index contributed by atoms with van der Waals surface area (Å²) in [6.07, 6.45) is 2.03. The number of methoxy groups -OCH3 is 1. The first-order valence-corrected chi connectivity index (χ1v) is 6.13. The Morgan fingerprint density at radius 2 is 2.00 bits per heavy atom. The summed E-state index contributed by atoms with van der Waals surface area (Å²) < 4.78 is 5.99. The van der Waals surface area contributed by atoms with Crippen molar-refractivity contribution in [3.8, 4) is 5.75 Å². The highest BCUT2D eigenvalue weighted by Crippen LogP contribution is 2.13. The van der Waals surface area contributed by atoms with Crippen molar-refractivity contribution in [3.05, 3.63) is 52.1 Å². The van der Waals surface area contributed by atoms with Crippen LogP contribution in [0.3, 0.4) is 0 Å². The Labute approximate surface area is 115 Å². The molecule has 0 saturated heterocycles. The molecule has 2 rings (SSSR count). The van der Waals surface area contributed by atoms with Crippen LogP contribution < -0.4 is 16.2 Å². The topological polar surface area (TPSA) is 87.2 Å². The molecule has 0 bridgehead atoms. The highest BCUT2D eigenvalue weighted by molar-refractivity contribution is 5.96. The third kappa shape index (κ3) is 2.54. The number of nitrogen functional groups attached to an aromatic ring is 1. The molecule has 0 atom stereocenters. The molecule has 0 unspecified atom stereocenters. The van der Waals surface area contributed by atoms with E-state index < -0.39 is 11.6 Å². The summed E-state index contributed by atoms with van der Waals surface area (Å²) in [5, 5.41) is 0. The number of aromatic nitrogens is 2. The maximum absolute atomic E-state index is 12.3. The van der Waals surface area contributed by atoms with Gasteiger partial charge in [0.15, 0.2) is 0 Å². The number of nitrogens with two attached hydrogens (primary N) is 1. The minimum Gasteiger partial charge on any atom is -0.497 e. The normalized spacial score (nSPS) is 10.3. The lowest BCUT2D eigenvalue weighted by Gasteiger charge is -2.08. The van der Waals surface area contributed by atoms with Gasteiger partial charge in [0.1, 0.15) is 11.6 Å². The number of anilines is 1. The number of aryl methyl sites for hydroxylation is 1. The average molecular weight is 273 g/mol. The molecule has 6 nitrogen and oxygen atoms in total. The van der Waals surface area contributed by atoms with E-state index in [4.69, 9.17) is 10.5 Å². The predicted molar refractivity (Wildman–Crippen MR) is 75.0 cm³/mol.